The van der Waals surface area contributed by atoms with Crippen LogP contribution in [0.15, 0.2) is 12.1 Å². The van der Waals surface area contributed by atoms with E-state index in [9.17, 15) is 4.79 Å². The van der Waals surface area contributed by atoms with Crippen LogP contribution in [0.25, 0.3) is 0 Å². The van der Waals surface area contributed by atoms with Crippen LogP contribution in [0.1, 0.15) is 25.1 Å². The van der Waals surface area contributed by atoms with Crippen molar-refractivity contribution in [3.63, 3.8) is 0 Å². The van der Waals surface area contributed by atoms with Crippen LogP contribution in [0.4, 0.5) is 5.82 Å². The molecule has 6 heteroatoms. The summed E-state index contributed by atoms with van der Waals surface area (Å²) in [4.78, 5) is 18.1. The standard InChI is InChI=1S/C13H19N3O2S/c1-4-16(8-11(17)18-5-2)13-10(12(14)19)7-6-9(3)15-13/h6-7H,4-5,8H2,1-3H3,(H2,14,19). The van der Waals surface area contributed by atoms with Crippen molar-refractivity contribution in [1.82, 2.24) is 4.98 Å². The third-order valence-corrected chi connectivity index (χ3v) is 2.81. The lowest BCUT2D eigenvalue weighted by Gasteiger charge is -2.23. The molecule has 0 radical (unpaired) electrons. The molecule has 0 aliphatic heterocycles. The molecular weight excluding hydrogens is 262 g/mol. The Kier molecular flexibility index (Phi) is 5.69. The van der Waals surface area contributed by atoms with E-state index in [0.717, 1.165) is 5.69 Å². The molecule has 2 N–H and O–H groups in total. The van der Waals surface area contributed by atoms with Crippen LogP contribution in [-0.4, -0.2) is 35.6 Å². The van der Waals surface area contributed by atoms with Gasteiger partial charge in [0.15, 0.2) is 0 Å². The highest BCUT2D eigenvalue weighted by molar-refractivity contribution is 7.80. The summed E-state index contributed by atoms with van der Waals surface area (Å²) in [5, 5.41) is 0. The first-order valence-electron chi connectivity index (χ1n) is 6.17. The smallest absolute Gasteiger partial charge is 0.325 e. The Morgan fingerprint density at radius 3 is 2.68 bits per heavy atom. The summed E-state index contributed by atoms with van der Waals surface area (Å²) >= 11 is 5.02. The Bertz CT molecular complexity index is 477. The number of esters is 1. The fourth-order valence-corrected chi connectivity index (χ4v) is 1.83. The predicted molar refractivity (Wildman–Crippen MR) is 79.4 cm³/mol. The fourth-order valence-electron chi connectivity index (χ4n) is 1.68. The molecule has 5 nitrogen and oxygen atoms in total. The van der Waals surface area contributed by atoms with E-state index < -0.39 is 0 Å². The summed E-state index contributed by atoms with van der Waals surface area (Å²) in [5.74, 6) is 0.338. The zero-order chi connectivity index (χ0) is 14.4. The molecule has 0 saturated carbocycles. The highest BCUT2D eigenvalue weighted by Crippen LogP contribution is 2.18. The first kappa shape index (κ1) is 15.4. The Morgan fingerprint density at radius 2 is 2.16 bits per heavy atom. The van der Waals surface area contributed by atoms with Gasteiger partial charge in [-0.3, -0.25) is 4.79 Å². The second kappa shape index (κ2) is 7.04. The van der Waals surface area contributed by atoms with E-state index in [-0.39, 0.29) is 17.5 Å². The van der Waals surface area contributed by atoms with Gasteiger partial charge in [0.1, 0.15) is 17.4 Å². The van der Waals surface area contributed by atoms with Gasteiger partial charge >= 0.3 is 5.97 Å². The normalized spacial score (nSPS) is 10.1. The monoisotopic (exact) mass is 281 g/mol. The van der Waals surface area contributed by atoms with Gasteiger partial charge in [-0.2, -0.15) is 0 Å². The van der Waals surface area contributed by atoms with Crippen molar-refractivity contribution < 1.29 is 9.53 Å². The summed E-state index contributed by atoms with van der Waals surface area (Å²) in [6.07, 6.45) is 0. The minimum absolute atomic E-state index is 0.135. The highest BCUT2D eigenvalue weighted by atomic mass is 32.1. The number of hydrogen-bond donors (Lipinski definition) is 1. The second-order valence-corrected chi connectivity index (χ2v) is 4.45. The minimum Gasteiger partial charge on any atom is -0.465 e. The van der Waals surface area contributed by atoms with Gasteiger partial charge in [0.25, 0.3) is 0 Å². The molecule has 0 aliphatic rings. The number of likely N-dealkylation sites (N-methyl/N-ethyl adjacent to an activating group) is 1. The van der Waals surface area contributed by atoms with Gasteiger partial charge in [0.05, 0.1) is 12.2 Å². The third kappa shape index (κ3) is 4.17. The summed E-state index contributed by atoms with van der Waals surface area (Å²) in [7, 11) is 0. The molecule has 0 saturated heterocycles. The first-order valence-corrected chi connectivity index (χ1v) is 6.58. The van der Waals surface area contributed by atoms with Gasteiger partial charge in [-0.05, 0) is 32.9 Å². The molecular formula is C13H19N3O2S. The van der Waals surface area contributed by atoms with Crippen molar-refractivity contribution in [3.05, 3.63) is 23.4 Å². The van der Waals surface area contributed by atoms with Gasteiger partial charge in [-0.1, -0.05) is 12.2 Å². The van der Waals surface area contributed by atoms with Crippen molar-refractivity contribution >= 4 is 29.0 Å². The van der Waals surface area contributed by atoms with Gasteiger partial charge < -0.3 is 15.4 Å². The van der Waals surface area contributed by atoms with Crippen LogP contribution < -0.4 is 10.6 Å². The Morgan fingerprint density at radius 1 is 1.47 bits per heavy atom. The molecule has 19 heavy (non-hydrogen) atoms. The topological polar surface area (TPSA) is 68.5 Å². The molecule has 0 aromatic carbocycles. The molecule has 0 atom stereocenters. The average Bonchev–Trinajstić information content (AvgIpc) is 2.35. The molecule has 1 aromatic heterocycles. The fraction of sp³-hybridized carbons (Fsp3) is 0.462. The molecule has 0 aliphatic carbocycles. The highest BCUT2D eigenvalue weighted by Gasteiger charge is 2.17. The maximum Gasteiger partial charge on any atom is 0.325 e. The second-order valence-electron chi connectivity index (χ2n) is 4.01. The molecule has 0 spiro atoms. The summed E-state index contributed by atoms with van der Waals surface area (Å²) in [5.41, 5.74) is 7.21. The number of ether oxygens (including phenoxy) is 1. The van der Waals surface area contributed by atoms with Crippen molar-refractivity contribution in [1.29, 1.82) is 0 Å². The van der Waals surface area contributed by atoms with E-state index in [4.69, 9.17) is 22.7 Å². The van der Waals surface area contributed by atoms with Gasteiger partial charge in [-0.15, -0.1) is 0 Å². The Labute approximate surface area is 118 Å². The molecule has 1 rings (SSSR count). The van der Waals surface area contributed by atoms with Crippen LogP contribution in [0.3, 0.4) is 0 Å². The largest absolute Gasteiger partial charge is 0.465 e. The van der Waals surface area contributed by atoms with Crippen molar-refractivity contribution in [2.75, 3.05) is 24.6 Å². The molecule has 0 unspecified atom stereocenters. The zero-order valence-electron chi connectivity index (χ0n) is 11.5. The number of aryl methyl sites for hydroxylation is 1. The molecule has 1 aromatic rings. The third-order valence-electron chi connectivity index (χ3n) is 2.59. The maximum absolute atomic E-state index is 11.6. The average molecular weight is 281 g/mol. The van der Waals surface area contributed by atoms with Crippen LogP contribution in [0.2, 0.25) is 0 Å². The molecule has 1 heterocycles. The summed E-state index contributed by atoms with van der Waals surface area (Å²) in [6, 6.07) is 3.67. The molecule has 0 amide bonds. The molecule has 104 valence electrons. The van der Waals surface area contributed by atoms with Crippen LogP contribution in [-0.2, 0) is 9.53 Å². The van der Waals surface area contributed by atoms with Crippen LogP contribution in [0.5, 0.6) is 0 Å². The van der Waals surface area contributed by atoms with E-state index >= 15 is 0 Å². The number of pyridine rings is 1. The van der Waals surface area contributed by atoms with E-state index in [0.29, 0.717) is 24.5 Å². The minimum atomic E-state index is -0.290. The van der Waals surface area contributed by atoms with Gasteiger partial charge in [-0.25, -0.2) is 4.98 Å². The Balaban J connectivity index is 3.06. The SMILES string of the molecule is CCOC(=O)CN(CC)c1nc(C)ccc1C(N)=S. The molecule has 0 fully saturated rings. The Hall–Kier alpha value is -1.69. The van der Waals surface area contributed by atoms with Crippen molar-refractivity contribution in [2.24, 2.45) is 5.73 Å². The van der Waals surface area contributed by atoms with E-state index in [2.05, 4.69) is 4.98 Å². The number of rotatable bonds is 6. The summed E-state index contributed by atoms with van der Waals surface area (Å²) in [6.45, 7) is 6.71. The van der Waals surface area contributed by atoms with Gasteiger partial charge in [0, 0.05) is 12.2 Å². The number of hydrogen-bond acceptors (Lipinski definition) is 5. The number of carbonyl (C=O) groups excluding carboxylic acids is 1. The van der Waals surface area contributed by atoms with Crippen molar-refractivity contribution in [3.8, 4) is 0 Å². The summed E-state index contributed by atoms with van der Waals surface area (Å²) < 4.78 is 4.95. The number of aromatic nitrogens is 1. The number of anilines is 1. The lowest BCUT2D eigenvalue weighted by molar-refractivity contribution is -0.141. The van der Waals surface area contributed by atoms with Crippen LogP contribution in [0, 0.1) is 6.92 Å². The quantitative estimate of drug-likeness (QED) is 0.628. The maximum atomic E-state index is 11.6. The number of thiocarbonyl (C=S) groups is 1. The first-order chi connectivity index (χ1) is 8.99. The lowest BCUT2D eigenvalue weighted by atomic mass is 10.2. The molecule has 0 bridgehead atoms. The van der Waals surface area contributed by atoms with E-state index in [1.165, 1.54) is 0 Å². The van der Waals surface area contributed by atoms with E-state index in [1.54, 1.807) is 11.8 Å². The zero-order valence-corrected chi connectivity index (χ0v) is 12.3. The van der Waals surface area contributed by atoms with Crippen LogP contribution >= 0.6 is 12.2 Å². The number of carbonyl (C=O) groups is 1. The lowest BCUT2D eigenvalue weighted by Crippen LogP contribution is -2.33. The predicted octanol–water partition coefficient (Wildman–Crippen LogP) is 1.41. The van der Waals surface area contributed by atoms with Gasteiger partial charge in [0.2, 0.25) is 0 Å². The van der Waals surface area contributed by atoms with E-state index in [1.807, 2.05) is 26.0 Å². The number of nitrogens with two attached hydrogens (primary N) is 1. The number of nitrogens with zero attached hydrogens (tertiary/aromatic N) is 2. The van der Waals surface area contributed by atoms with Crippen molar-refractivity contribution in [2.45, 2.75) is 20.8 Å².